The molecule has 0 saturated carbocycles. The number of carbonyl (C=O) groups is 2. The predicted molar refractivity (Wildman–Crippen MR) is 89.0 cm³/mol. The number of alkyl halides is 1. The molecule has 0 aliphatic carbocycles. The summed E-state index contributed by atoms with van der Waals surface area (Å²) < 4.78 is 15.1. The van der Waals surface area contributed by atoms with Crippen LogP contribution in [0.1, 0.15) is 32.3 Å². The van der Waals surface area contributed by atoms with Crippen molar-refractivity contribution in [2.75, 3.05) is 26.2 Å². The number of piperidine rings is 1. The molecular formula is C17H25FN4O2. The number of halogens is 1. The Bertz CT molecular complexity index is 565. The van der Waals surface area contributed by atoms with Crippen molar-refractivity contribution in [1.82, 2.24) is 20.1 Å². The first-order valence-corrected chi connectivity index (χ1v) is 8.40. The van der Waals surface area contributed by atoms with Crippen LogP contribution in [0.5, 0.6) is 0 Å². The number of hydrogen-bond acceptors (Lipinski definition) is 3. The Morgan fingerprint density at radius 2 is 2.17 bits per heavy atom. The third-order valence-corrected chi connectivity index (χ3v) is 4.33. The lowest BCUT2D eigenvalue weighted by Crippen LogP contribution is -2.57. The molecule has 1 fully saturated rings. The number of likely N-dealkylation sites (tertiary alicyclic amines) is 1. The Balaban J connectivity index is 1.97. The van der Waals surface area contributed by atoms with Crippen molar-refractivity contribution >= 4 is 11.9 Å². The van der Waals surface area contributed by atoms with Crippen LogP contribution in [-0.2, 0) is 11.3 Å². The van der Waals surface area contributed by atoms with Crippen LogP contribution < -0.4 is 5.32 Å². The third kappa shape index (κ3) is 4.21. The number of nitrogens with zero attached hydrogens (tertiary/aromatic N) is 3. The topological polar surface area (TPSA) is 65.5 Å². The first-order chi connectivity index (χ1) is 11.5. The van der Waals surface area contributed by atoms with Crippen LogP contribution in [-0.4, -0.2) is 58.6 Å². The monoisotopic (exact) mass is 336 g/mol. The molecule has 2 heterocycles. The summed E-state index contributed by atoms with van der Waals surface area (Å²) in [6.07, 6.45) is 3.87. The summed E-state index contributed by atoms with van der Waals surface area (Å²) in [6.45, 7) is 5.42. The lowest BCUT2D eigenvalue weighted by atomic mass is 9.93. The van der Waals surface area contributed by atoms with Crippen LogP contribution in [0.25, 0.3) is 0 Å². The molecule has 24 heavy (non-hydrogen) atoms. The molecule has 1 unspecified atom stereocenters. The number of carbonyl (C=O) groups excluding carboxylic acids is 2. The van der Waals surface area contributed by atoms with E-state index in [1.165, 1.54) is 4.90 Å². The van der Waals surface area contributed by atoms with E-state index in [-0.39, 0.29) is 25.5 Å². The number of amides is 3. The molecule has 0 spiro atoms. The van der Waals surface area contributed by atoms with Gasteiger partial charge in [0.1, 0.15) is 0 Å². The van der Waals surface area contributed by atoms with E-state index in [9.17, 15) is 9.59 Å². The van der Waals surface area contributed by atoms with Crippen molar-refractivity contribution in [3.63, 3.8) is 0 Å². The highest BCUT2D eigenvalue weighted by atomic mass is 19.1. The van der Waals surface area contributed by atoms with Gasteiger partial charge in [-0.05, 0) is 38.3 Å². The van der Waals surface area contributed by atoms with Crippen molar-refractivity contribution in [3.05, 3.63) is 30.1 Å². The molecule has 132 valence electrons. The summed E-state index contributed by atoms with van der Waals surface area (Å²) in [4.78, 5) is 31.8. The average molecular weight is 336 g/mol. The lowest BCUT2D eigenvalue weighted by Gasteiger charge is -2.38. The van der Waals surface area contributed by atoms with Crippen molar-refractivity contribution in [1.29, 1.82) is 0 Å². The zero-order valence-corrected chi connectivity index (χ0v) is 14.3. The van der Waals surface area contributed by atoms with E-state index >= 15 is 4.39 Å². The number of hydrogen-bond donors (Lipinski definition) is 1. The lowest BCUT2D eigenvalue weighted by molar-refractivity contribution is -0.136. The van der Waals surface area contributed by atoms with Gasteiger partial charge in [0.25, 0.3) is 5.91 Å². The molecule has 0 bridgehead atoms. The Morgan fingerprint density at radius 1 is 1.42 bits per heavy atom. The SMILES string of the molecule is CCN(CC)C(=O)N1CCCC(F)(C(=O)NCc2cccnc2)C1. The number of urea groups is 1. The highest BCUT2D eigenvalue weighted by Crippen LogP contribution is 2.26. The van der Waals surface area contributed by atoms with Crippen LogP contribution in [0.2, 0.25) is 0 Å². The van der Waals surface area contributed by atoms with Gasteiger partial charge in [-0.25, -0.2) is 9.18 Å². The Kier molecular flexibility index (Phi) is 6.11. The second-order valence-electron chi connectivity index (χ2n) is 5.99. The normalized spacial score (nSPS) is 20.5. The van der Waals surface area contributed by atoms with Crippen molar-refractivity contribution < 1.29 is 14.0 Å². The maximum absolute atomic E-state index is 15.1. The van der Waals surface area contributed by atoms with Crippen LogP contribution in [0.3, 0.4) is 0 Å². The zero-order chi connectivity index (χ0) is 17.6. The van der Waals surface area contributed by atoms with Crippen LogP contribution in [0.15, 0.2) is 24.5 Å². The number of aromatic nitrogens is 1. The van der Waals surface area contributed by atoms with Gasteiger partial charge in [0.05, 0.1) is 6.54 Å². The van der Waals surface area contributed by atoms with E-state index < -0.39 is 11.6 Å². The van der Waals surface area contributed by atoms with E-state index in [0.717, 1.165) is 5.56 Å². The van der Waals surface area contributed by atoms with Gasteiger partial charge in [-0.2, -0.15) is 0 Å². The van der Waals surface area contributed by atoms with Crippen LogP contribution in [0, 0.1) is 0 Å². The van der Waals surface area contributed by atoms with Gasteiger partial charge in [-0.3, -0.25) is 9.78 Å². The summed E-state index contributed by atoms with van der Waals surface area (Å²) in [5.74, 6) is -0.664. The fourth-order valence-electron chi connectivity index (χ4n) is 2.90. The fourth-order valence-corrected chi connectivity index (χ4v) is 2.90. The van der Waals surface area contributed by atoms with Gasteiger partial charge in [0.15, 0.2) is 0 Å². The second-order valence-corrected chi connectivity index (χ2v) is 5.99. The zero-order valence-electron chi connectivity index (χ0n) is 14.3. The smallest absolute Gasteiger partial charge is 0.320 e. The minimum atomic E-state index is -2.04. The highest BCUT2D eigenvalue weighted by Gasteiger charge is 2.44. The highest BCUT2D eigenvalue weighted by molar-refractivity contribution is 5.86. The van der Waals surface area contributed by atoms with E-state index in [1.54, 1.807) is 23.4 Å². The number of nitrogens with one attached hydrogen (secondary N) is 1. The molecule has 1 N–H and O–H groups in total. The molecule has 1 aromatic rings. The maximum atomic E-state index is 15.1. The molecule has 2 rings (SSSR count). The van der Waals surface area contributed by atoms with Gasteiger partial charge in [0.2, 0.25) is 5.67 Å². The van der Waals surface area contributed by atoms with Gasteiger partial charge in [-0.1, -0.05) is 6.07 Å². The van der Waals surface area contributed by atoms with Gasteiger partial charge in [0, 0.05) is 38.6 Å². The van der Waals surface area contributed by atoms with E-state index in [2.05, 4.69) is 10.3 Å². The summed E-state index contributed by atoms with van der Waals surface area (Å²) in [5, 5.41) is 2.62. The van der Waals surface area contributed by atoms with Crippen LogP contribution >= 0.6 is 0 Å². The largest absolute Gasteiger partial charge is 0.349 e. The Labute approximate surface area is 142 Å². The minimum absolute atomic E-state index is 0.133. The maximum Gasteiger partial charge on any atom is 0.320 e. The van der Waals surface area contributed by atoms with Gasteiger partial charge in [-0.15, -0.1) is 0 Å². The van der Waals surface area contributed by atoms with E-state index in [4.69, 9.17) is 0 Å². The first kappa shape index (κ1) is 18.2. The molecule has 0 radical (unpaired) electrons. The summed E-state index contributed by atoms with van der Waals surface area (Å²) >= 11 is 0. The summed E-state index contributed by atoms with van der Waals surface area (Å²) in [5.41, 5.74) is -1.23. The van der Waals surface area contributed by atoms with Crippen molar-refractivity contribution in [2.45, 2.75) is 38.9 Å². The van der Waals surface area contributed by atoms with Gasteiger partial charge >= 0.3 is 6.03 Å². The van der Waals surface area contributed by atoms with E-state index in [0.29, 0.717) is 26.1 Å². The molecule has 0 aromatic carbocycles. The number of pyridine rings is 1. The fraction of sp³-hybridized carbons (Fsp3) is 0.588. The van der Waals surface area contributed by atoms with E-state index in [1.807, 2.05) is 19.9 Å². The second kappa shape index (κ2) is 8.08. The van der Waals surface area contributed by atoms with Crippen molar-refractivity contribution in [2.24, 2.45) is 0 Å². The van der Waals surface area contributed by atoms with Crippen molar-refractivity contribution in [3.8, 4) is 0 Å². The molecule has 7 heteroatoms. The minimum Gasteiger partial charge on any atom is -0.349 e. The van der Waals surface area contributed by atoms with Crippen LogP contribution in [0.4, 0.5) is 9.18 Å². The van der Waals surface area contributed by atoms with Gasteiger partial charge < -0.3 is 15.1 Å². The Morgan fingerprint density at radius 3 is 2.79 bits per heavy atom. The predicted octanol–water partition coefficient (Wildman–Crippen LogP) is 1.96. The Hall–Kier alpha value is -2.18. The summed E-state index contributed by atoms with van der Waals surface area (Å²) in [6, 6.07) is 3.37. The molecule has 1 aliphatic heterocycles. The molecule has 3 amide bonds. The third-order valence-electron chi connectivity index (χ3n) is 4.33. The molecule has 1 atom stereocenters. The molecule has 6 nitrogen and oxygen atoms in total. The molecular weight excluding hydrogens is 311 g/mol. The quantitative estimate of drug-likeness (QED) is 0.894. The molecule has 1 aromatic heterocycles. The average Bonchev–Trinajstić information content (AvgIpc) is 2.61. The standard InChI is InChI=1S/C17H25FN4O2/c1-3-21(4-2)16(24)22-10-6-8-17(18,13-22)15(23)20-12-14-7-5-9-19-11-14/h5,7,9,11H,3-4,6,8,10,12-13H2,1-2H3,(H,20,23). The summed E-state index contributed by atoms with van der Waals surface area (Å²) in [7, 11) is 0. The molecule has 1 aliphatic rings. The molecule has 1 saturated heterocycles. The first-order valence-electron chi connectivity index (χ1n) is 8.40. The number of rotatable bonds is 5.